The number of H-pyrrole nitrogens is 1. The number of nitrogens with one attached hydrogen (secondary N) is 1. The second-order valence-corrected chi connectivity index (χ2v) is 7.25. The normalized spacial score (nSPS) is 14.8. The van der Waals surface area contributed by atoms with E-state index in [4.69, 9.17) is 21.1 Å². The molecule has 1 aliphatic rings. The minimum Gasteiger partial charge on any atom is -0.497 e. The van der Waals surface area contributed by atoms with Crippen molar-refractivity contribution in [2.24, 2.45) is 0 Å². The van der Waals surface area contributed by atoms with Crippen molar-refractivity contribution >= 4 is 40.1 Å². The van der Waals surface area contributed by atoms with E-state index in [1.54, 1.807) is 18.9 Å². The summed E-state index contributed by atoms with van der Waals surface area (Å²) in [6.45, 7) is 3.15. The molecule has 1 fully saturated rings. The maximum absolute atomic E-state index is 6.62. The Morgan fingerprint density at radius 1 is 1.31 bits per heavy atom. The van der Waals surface area contributed by atoms with E-state index in [0.29, 0.717) is 10.8 Å². The number of fused-ring (bicyclic) bond motifs is 1. The summed E-state index contributed by atoms with van der Waals surface area (Å²) in [4.78, 5) is 14.6. The zero-order valence-electron chi connectivity index (χ0n) is 14.4. The fourth-order valence-corrected chi connectivity index (χ4v) is 4.14. The Morgan fingerprint density at radius 3 is 2.96 bits per heavy atom. The highest BCUT2D eigenvalue weighted by Gasteiger charge is 2.17. The first-order valence-electron chi connectivity index (χ1n) is 8.37. The first-order valence-corrected chi connectivity index (χ1v) is 9.73. The summed E-state index contributed by atoms with van der Waals surface area (Å²) in [5, 5.41) is 1.54. The molecule has 0 unspecified atom stereocenters. The number of hydrogen-bond donors (Lipinski definition) is 1. The number of imidazole rings is 1. The van der Waals surface area contributed by atoms with Gasteiger partial charge in [0.1, 0.15) is 5.75 Å². The van der Waals surface area contributed by atoms with Crippen LogP contribution in [0.1, 0.15) is 5.69 Å². The fraction of sp³-hybridized carbons (Fsp3) is 0.333. The maximum atomic E-state index is 6.62. The molecule has 8 heteroatoms. The Kier molecular flexibility index (Phi) is 5.19. The monoisotopic (exact) mass is 390 g/mol. The number of thioether (sulfide) groups is 1. The summed E-state index contributed by atoms with van der Waals surface area (Å²) in [5.74, 6) is 1.45. The van der Waals surface area contributed by atoms with E-state index in [2.05, 4.69) is 19.9 Å². The van der Waals surface area contributed by atoms with Gasteiger partial charge in [0, 0.05) is 31.1 Å². The zero-order chi connectivity index (χ0) is 17.9. The second kappa shape index (κ2) is 7.73. The number of hydrogen-bond acceptors (Lipinski definition) is 6. The number of aromatic nitrogens is 3. The highest BCUT2D eigenvalue weighted by Crippen LogP contribution is 2.32. The molecule has 26 heavy (non-hydrogen) atoms. The van der Waals surface area contributed by atoms with Crippen LogP contribution in [0.25, 0.3) is 11.0 Å². The van der Waals surface area contributed by atoms with E-state index in [0.717, 1.165) is 59.6 Å². The molecule has 0 spiro atoms. The number of aromatic amines is 1. The van der Waals surface area contributed by atoms with Gasteiger partial charge >= 0.3 is 0 Å². The van der Waals surface area contributed by atoms with Gasteiger partial charge in [-0.2, -0.15) is 0 Å². The molecule has 3 aromatic rings. The van der Waals surface area contributed by atoms with Crippen LogP contribution in [0.2, 0.25) is 5.02 Å². The average molecular weight is 391 g/mol. The van der Waals surface area contributed by atoms with Gasteiger partial charge in [0.25, 0.3) is 0 Å². The molecule has 0 atom stereocenters. The molecule has 0 radical (unpaired) electrons. The highest BCUT2D eigenvalue weighted by molar-refractivity contribution is 7.98. The molecule has 4 rings (SSSR count). The number of morpholine rings is 1. The lowest BCUT2D eigenvalue weighted by molar-refractivity contribution is 0.122. The molecule has 136 valence electrons. The quantitative estimate of drug-likeness (QED) is 0.669. The molecular formula is C18H19ClN4O2S. The van der Waals surface area contributed by atoms with Gasteiger partial charge in [-0.05, 0) is 18.2 Å². The van der Waals surface area contributed by atoms with Crippen molar-refractivity contribution in [2.45, 2.75) is 10.9 Å². The van der Waals surface area contributed by atoms with Crippen molar-refractivity contribution in [3.05, 3.63) is 41.2 Å². The van der Waals surface area contributed by atoms with Crippen LogP contribution in [0.15, 0.2) is 35.6 Å². The van der Waals surface area contributed by atoms with Gasteiger partial charge in [0.05, 0.1) is 47.8 Å². The van der Waals surface area contributed by atoms with Crippen molar-refractivity contribution in [3.63, 3.8) is 0 Å². The summed E-state index contributed by atoms with van der Waals surface area (Å²) in [7, 11) is 1.66. The Balaban J connectivity index is 1.50. The van der Waals surface area contributed by atoms with E-state index in [1.165, 1.54) is 0 Å². The number of methoxy groups -OCH3 is 1. The summed E-state index contributed by atoms with van der Waals surface area (Å²) < 4.78 is 10.7. The Bertz CT molecular complexity index is 911. The average Bonchev–Trinajstić information content (AvgIpc) is 3.10. The summed E-state index contributed by atoms with van der Waals surface area (Å²) in [6.07, 6.45) is 1.82. The van der Waals surface area contributed by atoms with Crippen molar-refractivity contribution in [2.75, 3.05) is 38.3 Å². The van der Waals surface area contributed by atoms with Gasteiger partial charge in [-0.15, -0.1) is 0 Å². The highest BCUT2D eigenvalue weighted by atomic mass is 35.5. The van der Waals surface area contributed by atoms with Crippen molar-refractivity contribution in [1.29, 1.82) is 0 Å². The number of rotatable bonds is 5. The Labute approximate surface area is 160 Å². The molecular weight excluding hydrogens is 372 g/mol. The number of benzene rings is 1. The lowest BCUT2D eigenvalue weighted by Crippen LogP contribution is -2.36. The maximum Gasteiger partial charge on any atom is 0.166 e. The first kappa shape index (κ1) is 17.5. The van der Waals surface area contributed by atoms with Gasteiger partial charge in [0.2, 0.25) is 0 Å². The lowest BCUT2D eigenvalue weighted by atomic mass is 10.3. The van der Waals surface area contributed by atoms with E-state index < -0.39 is 0 Å². The molecule has 0 saturated carbocycles. The van der Waals surface area contributed by atoms with Crippen LogP contribution in [-0.4, -0.2) is 48.4 Å². The van der Waals surface area contributed by atoms with Gasteiger partial charge in [-0.3, -0.25) is 4.98 Å². The van der Waals surface area contributed by atoms with Crippen molar-refractivity contribution in [1.82, 2.24) is 15.0 Å². The molecule has 1 aliphatic heterocycles. The third-order valence-corrected chi connectivity index (χ3v) is 5.60. The number of ether oxygens (including phenoxy) is 2. The lowest BCUT2D eigenvalue weighted by Gasteiger charge is -2.29. The SMILES string of the molecule is COc1ccc2nc(SCc3nccc(N4CCOCC4)c3Cl)[nH]c2c1. The smallest absolute Gasteiger partial charge is 0.166 e. The van der Waals surface area contributed by atoms with Crippen LogP contribution >= 0.6 is 23.4 Å². The Hall–Kier alpha value is -1.96. The van der Waals surface area contributed by atoms with Crippen molar-refractivity contribution < 1.29 is 9.47 Å². The number of anilines is 1. The van der Waals surface area contributed by atoms with Gasteiger partial charge in [-0.1, -0.05) is 23.4 Å². The topological polar surface area (TPSA) is 63.3 Å². The molecule has 1 N–H and O–H groups in total. The van der Waals surface area contributed by atoms with Crippen LogP contribution in [0, 0.1) is 0 Å². The molecule has 0 amide bonds. The summed E-state index contributed by atoms with van der Waals surface area (Å²) >= 11 is 8.21. The van der Waals surface area contributed by atoms with E-state index >= 15 is 0 Å². The van der Waals surface area contributed by atoms with Crippen LogP contribution in [0.3, 0.4) is 0 Å². The van der Waals surface area contributed by atoms with E-state index in [1.807, 2.05) is 30.5 Å². The Morgan fingerprint density at radius 2 is 2.15 bits per heavy atom. The summed E-state index contributed by atoms with van der Waals surface area (Å²) in [6, 6.07) is 7.76. The van der Waals surface area contributed by atoms with E-state index in [-0.39, 0.29) is 0 Å². The van der Waals surface area contributed by atoms with Gasteiger partial charge in [0.15, 0.2) is 5.16 Å². The van der Waals surface area contributed by atoms with Crippen LogP contribution < -0.4 is 9.64 Å². The fourth-order valence-electron chi connectivity index (χ4n) is 2.92. The first-order chi connectivity index (χ1) is 12.7. The molecule has 1 saturated heterocycles. The van der Waals surface area contributed by atoms with Crippen LogP contribution in [0.5, 0.6) is 5.75 Å². The predicted molar refractivity (Wildman–Crippen MR) is 104 cm³/mol. The number of halogens is 1. The second-order valence-electron chi connectivity index (χ2n) is 5.90. The van der Waals surface area contributed by atoms with Gasteiger partial charge < -0.3 is 19.4 Å². The number of nitrogens with zero attached hydrogens (tertiary/aromatic N) is 3. The minimum atomic E-state index is 0.647. The molecule has 1 aromatic carbocycles. The summed E-state index contributed by atoms with van der Waals surface area (Å²) in [5.41, 5.74) is 3.75. The van der Waals surface area contributed by atoms with Gasteiger partial charge in [-0.25, -0.2) is 4.98 Å². The molecule has 2 aromatic heterocycles. The largest absolute Gasteiger partial charge is 0.497 e. The third-order valence-electron chi connectivity index (χ3n) is 4.31. The number of pyridine rings is 1. The molecule has 3 heterocycles. The molecule has 0 aliphatic carbocycles. The van der Waals surface area contributed by atoms with Crippen molar-refractivity contribution in [3.8, 4) is 5.75 Å². The van der Waals surface area contributed by atoms with E-state index in [9.17, 15) is 0 Å². The standard InChI is InChI=1S/C18H19ClN4O2S/c1-24-12-2-3-13-14(10-12)22-18(21-13)26-11-15-17(19)16(4-5-20-15)23-6-8-25-9-7-23/h2-5,10H,6-9,11H2,1H3,(H,21,22). The zero-order valence-corrected chi connectivity index (χ0v) is 15.9. The molecule has 0 bridgehead atoms. The van der Waals surface area contributed by atoms with Crippen LogP contribution in [0.4, 0.5) is 5.69 Å². The minimum absolute atomic E-state index is 0.647. The molecule has 6 nitrogen and oxygen atoms in total. The predicted octanol–water partition coefficient (Wildman–Crippen LogP) is 3.75. The van der Waals surface area contributed by atoms with Crippen LogP contribution in [-0.2, 0) is 10.5 Å². The third kappa shape index (κ3) is 3.60.